The van der Waals surface area contributed by atoms with Gasteiger partial charge in [-0.25, -0.2) is 14.4 Å². The minimum absolute atomic E-state index is 0.0433. The average Bonchev–Trinajstić information content (AvgIpc) is 2.80. The zero-order valence-corrected chi connectivity index (χ0v) is 17.1. The summed E-state index contributed by atoms with van der Waals surface area (Å²) < 4.78 is 0. The summed E-state index contributed by atoms with van der Waals surface area (Å²) in [5.74, 6) is -4.15. The molecule has 0 fully saturated rings. The van der Waals surface area contributed by atoms with Gasteiger partial charge in [0.05, 0.1) is 16.7 Å². The lowest BCUT2D eigenvalue weighted by atomic mass is 9.84. The van der Waals surface area contributed by atoms with E-state index >= 15 is 0 Å². The molecule has 8 nitrogen and oxygen atoms in total. The van der Waals surface area contributed by atoms with E-state index in [-0.39, 0.29) is 33.0 Å². The Balaban J connectivity index is 2.14. The SMILES string of the molecule is CNC(=O)c1ccc2c3ccc(C(=O)O)c4c(C(=O)O)ccc(c5ccc(C(=O)O)c1c52)c43. The number of rotatable bonds is 4. The zero-order chi connectivity index (χ0) is 23.6. The maximum Gasteiger partial charge on any atom is 0.336 e. The van der Waals surface area contributed by atoms with E-state index in [2.05, 4.69) is 5.32 Å². The first kappa shape index (κ1) is 20.2. The Hall–Kier alpha value is -4.72. The summed E-state index contributed by atoms with van der Waals surface area (Å²) in [7, 11) is 1.45. The Morgan fingerprint density at radius 2 is 0.818 bits per heavy atom. The van der Waals surface area contributed by atoms with Gasteiger partial charge in [-0.05, 0) is 56.6 Å². The monoisotopic (exact) mass is 441 g/mol. The topological polar surface area (TPSA) is 141 Å². The van der Waals surface area contributed by atoms with E-state index in [0.717, 1.165) is 0 Å². The number of fused-ring (bicyclic) bond motifs is 2. The number of amides is 1. The minimum atomic E-state index is -1.26. The van der Waals surface area contributed by atoms with Crippen molar-refractivity contribution in [3.05, 3.63) is 70.8 Å². The largest absolute Gasteiger partial charge is 0.478 e. The fraction of sp³-hybridized carbons (Fsp3) is 0.0400. The molecule has 0 aromatic heterocycles. The molecule has 162 valence electrons. The molecule has 0 saturated carbocycles. The summed E-state index contributed by atoms with van der Waals surface area (Å²) >= 11 is 0. The number of nitrogens with one attached hydrogen (secondary N) is 1. The highest BCUT2D eigenvalue weighted by Gasteiger charge is 2.25. The molecule has 4 N–H and O–H groups in total. The highest BCUT2D eigenvalue weighted by atomic mass is 16.4. The van der Waals surface area contributed by atoms with Gasteiger partial charge in [-0.3, -0.25) is 4.79 Å². The Bertz CT molecular complexity index is 1630. The summed E-state index contributed by atoms with van der Waals surface area (Å²) in [5, 5.41) is 35.5. The molecule has 0 bridgehead atoms. The Labute approximate surface area is 185 Å². The van der Waals surface area contributed by atoms with Crippen LogP contribution in [0.4, 0.5) is 0 Å². The van der Waals surface area contributed by atoms with Crippen molar-refractivity contribution >= 4 is 66.9 Å². The van der Waals surface area contributed by atoms with E-state index in [1.165, 1.54) is 31.3 Å². The molecule has 5 aromatic rings. The molecule has 0 aliphatic carbocycles. The van der Waals surface area contributed by atoms with Crippen molar-refractivity contribution in [2.24, 2.45) is 0 Å². The highest BCUT2D eigenvalue weighted by molar-refractivity contribution is 6.38. The van der Waals surface area contributed by atoms with E-state index in [9.17, 15) is 34.5 Å². The van der Waals surface area contributed by atoms with Gasteiger partial charge in [0, 0.05) is 23.4 Å². The molecule has 0 atom stereocenters. The lowest BCUT2D eigenvalue weighted by Crippen LogP contribution is -2.19. The van der Waals surface area contributed by atoms with Crippen LogP contribution in [-0.4, -0.2) is 46.2 Å². The highest BCUT2D eigenvalue weighted by Crippen LogP contribution is 2.43. The summed E-state index contributed by atoms with van der Waals surface area (Å²) in [4.78, 5) is 48.4. The summed E-state index contributed by atoms with van der Waals surface area (Å²) in [6, 6.07) is 12.1. The van der Waals surface area contributed by atoms with Crippen LogP contribution in [-0.2, 0) is 0 Å². The molecule has 0 aliphatic rings. The van der Waals surface area contributed by atoms with E-state index < -0.39 is 23.8 Å². The fourth-order valence-corrected chi connectivity index (χ4v) is 4.75. The van der Waals surface area contributed by atoms with Crippen molar-refractivity contribution in [1.29, 1.82) is 0 Å². The molecule has 0 radical (unpaired) electrons. The van der Waals surface area contributed by atoms with Gasteiger partial charge in [0.2, 0.25) is 0 Å². The number of benzene rings is 5. The second kappa shape index (κ2) is 6.89. The molecule has 0 aliphatic heterocycles. The molecular formula is C25H15NO7. The van der Waals surface area contributed by atoms with Crippen LogP contribution < -0.4 is 5.32 Å². The number of carbonyl (C=O) groups is 4. The zero-order valence-electron chi connectivity index (χ0n) is 17.1. The minimum Gasteiger partial charge on any atom is -0.478 e. The molecule has 0 heterocycles. The molecule has 1 amide bonds. The number of hydrogen-bond donors (Lipinski definition) is 4. The van der Waals surface area contributed by atoms with Gasteiger partial charge in [0.15, 0.2) is 0 Å². The first-order chi connectivity index (χ1) is 15.8. The second-order valence-corrected chi connectivity index (χ2v) is 7.64. The number of hydrogen-bond acceptors (Lipinski definition) is 4. The molecule has 8 heteroatoms. The molecular weight excluding hydrogens is 426 g/mol. The van der Waals surface area contributed by atoms with E-state index in [1.807, 2.05) is 0 Å². The van der Waals surface area contributed by atoms with Crippen molar-refractivity contribution in [2.75, 3.05) is 7.05 Å². The number of carboxylic acids is 3. The lowest BCUT2D eigenvalue weighted by Gasteiger charge is -2.19. The standard InChI is InChI=1S/C25H15NO7/c1-26-22(27)14-6-2-10-12-4-8-16(24(30)31)21-17(25(32)33)9-5-13(19(12)21)11-3-7-15(23(28)29)20(14)18(10)11/h2-9H,1H3,(H,26,27)(H,28,29)(H,30,31)(H,32,33). The van der Waals surface area contributed by atoms with Crippen molar-refractivity contribution in [3.63, 3.8) is 0 Å². The summed E-state index contributed by atoms with van der Waals surface area (Å²) in [6.45, 7) is 0. The Morgan fingerprint density at radius 3 is 1.12 bits per heavy atom. The third-order valence-corrected chi connectivity index (χ3v) is 6.06. The third kappa shape index (κ3) is 2.64. The fourth-order valence-electron chi connectivity index (χ4n) is 4.75. The molecule has 0 spiro atoms. The lowest BCUT2D eigenvalue weighted by molar-refractivity contribution is 0.0685. The summed E-state index contributed by atoms with van der Waals surface area (Å²) in [5.41, 5.74) is -0.133. The Kier molecular flexibility index (Phi) is 4.22. The number of carbonyl (C=O) groups excluding carboxylic acids is 1. The molecule has 0 unspecified atom stereocenters. The van der Waals surface area contributed by atoms with Crippen LogP contribution in [0, 0.1) is 0 Å². The van der Waals surface area contributed by atoms with Crippen LogP contribution in [0.15, 0.2) is 48.5 Å². The van der Waals surface area contributed by atoms with Crippen LogP contribution in [0.3, 0.4) is 0 Å². The van der Waals surface area contributed by atoms with Gasteiger partial charge in [-0.15, -0.1) is 0 Å². The van der Waals surface area contributed by atoms with Gasteiger partial charge < -0.3 is 20.6 Å². The number of aromatic carboxylic acids is 3. The molecule has 33 heavy (non-hydrogen) atoms. The smallest absolute Gasteiger partial charge is 0.336 e. The van der Waals surface area contributed by atoms with Crippen molar-refractivity contribution in [1.82, 2.24) is 5.32 Å². The van der Waals surface area contributed by atoms with Crippen LogP contribution >= 0.6 is 0 Å². The van der Waals surface area contributed by atoms with E-state index in [0.29, 0.717) is 32.3 Å². The Morgan fingerprint density at radius 1 is 0.515 bits per heavy atom. The van der Waals surface area contributed by atoms with Crippen LogP contribution in [0.5, 0.6) is 0 Å². The van der Waals surface area contributed by atoms with Gasteiger partial charge in [0.1, 0.15) is 0 Å². The predicted octanol–water partition coefficient (Wildman–Crippen LogP) is 4.19. The third-order valence-electron chi connectivity index (χ3n) is 6.06. The van der Waals surface area contributed by atoms with Crippen LogP contribution in [0.2, 0.25) is 0 Å². The van der Waals surface area contributed by atoms with Gasteiger partial charge in [0.25, 0.3) is 5.91 Å². The second-order valence-electron chi connectivity index (χ2n) is 7.64. The molecule has 5 aromatic carbocycles. The molecule has 5 rings (SSSR count). The maximum atomic E-state index is 12.6. The van der Waals surface area contributed by atoms with Crippen LogP contribution in [0.1, 0.15) is 41.4 Å². The quantitative estimate of drug-likeness (QED) is 0.242. The van der Waals surface area contributed by atoms with Gasteiger partial charge in [-0.2, -0.15) is 0 Å². The predicted molar refractivity (Wildman–Crippen MR) is 122 cm³/mol. The first-order valence-corrected chi connectivity index (χ1v) is 9.88. The maximum absolute atomic E-state index is 12.6. The van der Waals surface area contributed by atoms with Crippen molar-refractivity contribution in [2.45, 2.75) is 0 Å². The first-order valence-electron chi connectivity index (χ1n) is 9.88. The van der Waals surface area contributed by atoms with Gasteiger partial charge >= 0.3 is 17.9 Å². The van der Waals surface area contributed by atoms with Gasteiger partial charge in [-0.1, -0.05) is 24.3 Å². The van der Waals surface area contributed by atoms with Crippen molar-refractivity contribution < 1.29 is 34.5 Å². The van der Waals surface area contributed by atoms with E-state index in [4.69, 9.17) is 0 Å². The average molecular weight is 441 g/mol. The number of carboxylic acid groups (broad SMARTS) is 3. The van der Waals surface area contributed by atoms with Crippen LogP contribution in [0.25, 0.3) is 43.1 Å². The molecule has 0 saturated heterocycles. The normalized spacial score (nSPS) is 11.4. The van der Waals surface area contributed by atoms with E-state index in [1.54, 1.807) is 24.3 Å². The van der Waals surface area contributed by atoms with Crippen molar-refractivity contribution in [3.8, 4) is 0 Å². The summed E-state index contributed by atoms with van der Waals surface area (Å²) in [6.07, 6.45) is 0.